The fourth-order valence-corrected chi connectivity index (χ4v) is 8.18. The molecule has 4 aliphatic carbocycles. The summed E-state index contributed by atoms with van der Waals surface area (Å²) in [6, 6.07) is 0. The van der Waals surface area contributed by atoms with Crippen molar-refractivity contribution in [1.29, 1.82) is 0 Å². The lowest BCUT2D eigenvalue weighted by Gasteiger charge is -2.66. The number of hydrogen-bond acceptors (Lipinski definition) is 5. The Kier molecular flexibility index (Phi) is 4.17. The van der Waals surface area contributed by atoms with Crippen molar-refractivity contribution < 1.29 is 25.5 Å². The van der Waals surface area contributed by atoms with Gasteiger partial charge in [-0.3, -0.25) is 0 Å². The lowest BCUT2D eigenvalue weighted by atomic mass is 9.42. The van der Waals surface area contributed by atoms with Crippen molar-refractivity contribution in [1.82, 2.24) is 0 Å². The predicted octanol–water partition coefficient (Wildman–Crippen LogP) is 2.00. The van der Waals surface area contributed by atoms with E-state index in [1.807, 2.05) is 6.92 Å². The highest BCUT2D eigenvalue weighted by Gasteiger charge is 2.73. The molecule has 5 N–H and O–H groups in total. The van der Waals surface area contributed by atoms with Crippen LogP contribution in [0.3, 0.4) is 0 Å². The molecule has 5 nitrogen and oxygen atoms in total. The molecule has 0 saturated heterocycles. The van der Waals surface area contributed by atoms with E-state index in [-0.39, 0.29) is 18.3 Å². The Labute approximate surface area is 156 Å². The smallest absolute Gasteiger partial charge is 0.245 e. The van der Waals surface area contributed by atoms with Gasteiger partial charge in [0.1, 0.15) is 6.10 Å². The van der Waals surface area contributed by atoms with Gasteiger partial charge >= 0.3 is 0 Å². The summed E-state index contributed by atoms with van der Waals surface area (Å²) < 4.78 is 0. The van der Waals surface area contributed by atoms with Crippen LogP contribution >= 0.6 is 0 Å². The van der Waals surface area contributed by atoms with Gasteiger partial charge in [-0.1, -0.05) is 27.2 Å². The first-order chi connectivity index (χ1) is 12.0. The molecular formula is C21H36O5. The van der Waals surface area contributed by atoms with Crippen molar-refractivity contribution in [3.8, 4) is 0 Å². The number of rotatable bonds is 1. The summed E-state index contributed by atoms with van der Waals surface area (Å²) in [7, 11) is 0. The quantitative estimate of drug-likeness (QED) is 0.456. The van der Waals surface area contributed by atoms with Gasteiger partial charge in [-0.15, -0.1) is 0 Å². The van der Waals surface area contributed by atoms with Gasteiger partial charge in [0.25, 0.3) is 0 Å². The molecule has 0 heterocycles. The Morgan fingerprint density at radius 3 is 2.23 bits per heavy atom. The van der Waals surface area contributed by atoms with Gasteiger partial charge in [0, 0.05) is 5.41 Å². The summed E-state index contributed by atoms with van der Waals surface area (Å²) in [6.07, 6.45) is 6.19. The molecule has 0 aliphatic heterocycles. The molecule has 0 aromatic rings. The van der Waals surface area contributed by atoms with E-state index in [0.717, 1.165) is 31.6 Å². The maximum atomic E-state index is 11.0. The van der Waals surface area contributed by atoms with Gasteiger partial charge in [0.2, 0.25) is 11.6 Å². The predicted molar refractivity (Wildman–Crippen MR) is 96.6 cm³/mol. The minimum absolute atomic E-state index is 0.0520. The topological polar surface area (TPSA) is 101 Å². The number of fused-ring (bicyclic) bond motifs is 5. The van der Waals surface area contributed by atoms with Gasteiger partial charge in [-0.2, -0.15) is 0 Å². The lowest BCUT2D eigenvalue weighted by molar-refractivity contribution is -0.457. The SMILES string of the molecule is CC[C@H]1CC[C@H]2[C@@H]3CCC4CC(O)C(O)(O)C(O)(O)[C@]4(C)[C@H]3CC[C@]12C. The van der Waals surface area contributed by atoms with Crippen LogP contribution in [0.5, 0.6) is 0 Å². The Hall–Kier alpha value is -0.200. The van der Waals surface area contributed by atoms with Crippen molar-refractivity contribution in [2.75, 3.05) is 0 Å². The number of aliphatic hydroxyl groups is 5. The Morgan fingerprint density at radius 2 is 1.58 bits per heavy atom. The average molecular weight is 369 g/mol. The van der Waals surface area contributed by atoms with E-state index in [2.05, 4.69) is 13.8 Å². The first-order valence-electron chi connectivity index (χ1n) is 10.6. The minimum Gasteiger partial charge on any atom is -0.387 e. The van der Waals surface area contributed by atoms with Crippen molar-refractivity contribution in [2.24, 2.45) is 40.4 Å². The summed E-state index contributed by atoms with van der Waals surface area (Å²) in [5.41, 5.74) is -0.680. The van der Waals surface area contributed by atoms with Gasteiger partial charge < -0.3 is 25.5 Å². The van der Waals surface area contributed by atoms with Gasteiger partial charge in [0.05, 0.1) is 0 Å². The maximum Gasteiger partial charge on any atom is 0.245 e. The summed E-state index contributed by atoms with van der Waals surface area (Å²) >= 11 is 0. The minimum atomic E-state index is -2.89. The molecule has 0 spiro atoms. The van der Waals surface area contributed by atoms with E-state index in [9.17, 15) is 25.5 Å². The van der Waals surface area contributed by atoms with E-state index < -0.39 is 23.1 Å². The summed E-state index contributed by atoms with van der Waals surface area (Å²) in [5, 5.41) is 52.9. The molecule has 0 aromatic heterocycles. The summed E-state index contributed by atoms with van der Waals surface area (Å²) in [6.45, 7) is 6.54. The van der Waals surface area contributed by atoms with E-state index in [0.29, 0.717) is 17.3 Å². The zero-order valence-corrected chi connectivity index (χ0v) is 16.4. The molecule has 4 rings (SSSR count). The molecule has 2 unspecified atom stereocenters. The van der Waals surface area contributed by atoms with Crippen LogP contribution in [0.25, 0.3) is 0 Å². The van der Waals surface area contributed by atoms with Crippen LogP contribution < -0.4 is 0 Å². The molecule has 150 valence electrons. The largest absolute Gasteiger partial charge is 0.387 e. The maximum absolute atomic E-state index is 11.0. The zero-order valence-electron chi connectivity index (χ0n) is 16.4. The molecule has 0 aromatic carbocycles. The third-order valence-electron chi connectivity index (χ3n) is 9.83. The summed E-state index contributed by atoms with van der Waals surface area (Å²) in [4.78, 5) is 0. The first kappa shape index (κ1) is 19.1. The zero-order chi connectivity index (χ0) is 19.1. The van der Waals surface area contributed by atoms with Gasteiger partial charge in [-0.25, -0.2) is 0 Å². The van der Waals surface area contributed by atoms with Crippen molar-refractivity contribution >= 4 is 0 Å². The molecule has 0 bridgehead atoms. The second-order valence-corrected chi connectivity index (χ2v) is 10.3. The monoisotopic (exact) mass is 368 g/mol. The lowest BCUT2D eigenvalue weighted by Crippen LogP contribution is -2.77. The number of aliphatic hydroxyl groups excluding tert-OH is 1. The molecule has 5 heteroatoms. The van der Waals surface area contributed by atoms with Crippen LogP contribution in [-0.2, 0) is 0 Å². The fraction of sp³-hybridized carbons (Fsp3) is 1.00. The van der Waals surface area contributed by atoms with Crippen molar-refractivity contribution in [3.63, 3.8) is 0 Å². The molecule has 0 amide bonds. The van der Waals surface area contributed by atoms with E-state index >= 15 is 0 Å². The third-order valence-corrected chi connectivity index (χ3v) is 9.83. The molecule has 4 aliphatic rings. The van der Waals surface area contributed by atoms with Crippen molar-refractivity contribution in [3.05, 3.63) is 0 Å². The Balaban J connectivity index is 1.73. The molecule has 0 radical (unpaired) electrons. The third kappa shape index (κ3) is 2.04. The van der Waals surface area contributed by atoms with Crippen LogP contribution in [0.2, 0.25) is 0 Å². The highest BCUT2D eigenvalue weighted by molar-refractivity contribution is 5.16. The van der Waals surface area contributed by atoms with Gasteiger partial charge in [-0.05, 0) is 80.0 Å². The van der Waals surface area contributed by atoms with E-state index in [4.69, 9.17) is 0 Å². The van der Waals surface area contributed by atoms with Crippen LogP contribution in [0.1, 0.15) is 72.1 Å². The van der Waals surface area contributed by atoms with E-state index in [1.165, 1.54) is 19.3 Å². The Morgan fingerprint density at radius 1 is 0.885 bits per heavy atom. The van der Waals surface area contributed by atoms with E-state index in [1.54, 1.807) is 0 Å². The second kappa shape index (κ2) is 5.66. The van der Waals surface area contributed by atoms with Gasteiger partial charge in [0.15, 0.2) is 0 Å². The molecular weight excluding hydrogens is 332 g/mol. The highest BCUT2D eigenvalue weighted by atomic mass is 16.6. The molecule has 4 fully saturated rings. The van der Waals surface area contributed by atoms with Crippen LogP contribution in [0, 0.1) is 40.4 Å². The van der Waals surface area contributed by atoms with Crippen LogP contribution in [0.15, 0.2) is 0 Å². The molecule has 8 atom stereocenters. The Bertz CT molecular complexity index is 575. The fourth-order valence-electron chi connectivity index (χ4n) is 8.18. The number of hydrogen-bond donors (Lipinski definition) is 5. The van der Waals surface area contributed by atoms with Crippen molar-refractivity contribution in [2.45, 2.75) is 89.8 Å². The molecule has 4 saturated carbocycles. The standard InChI is InChI=1S/C21H36O5/c1-4-12-6-8-15-14-7-5-13-11-17(22)20(23,24)21(25,26)19(13,3)16(14)9-10-18(12,15)2/h12-17,22-26H,4-11H2,1-3H3/t12-,13?,14-,15-,16-,17?,18+,19-/m0/s1. The second-order valence-electron chi connectivity index (χ2n) is 10.3. The normalized spacial score (nSPS) is 54.9. The van der Waals surface area contributed by atoms with Crippen LogP contribution in [-0.4, -0.2) is 43.2 Å². The highest BCUT2D eigenvalue weighted by Crippen LogP contribution is 2.69. The molecule has 26 heavy (non-hydrogen) atoms. The average Bonchev–Trinajstić information content (AvgIpc) is 2.92. The summed E-state index contributed by atoms with van der Waals surface area (Å²) in [5.74, 6) is -3.92. The van der Waals surface area contributed by atoms with Crippen LogP contribution in [0.4, 0.5) is 0 Å². The first-order valence-corrected chi connectivity index (χ1v) is 10.6.